The second-order valence-corrected chi connectivity index (χ2v) is 26.1. The molecule has 0 saturated carbocycles. The van der Waals surface area contributed by atoms with Gasteiger partial charge in [0, 0.05) is 38.8 Å². The van der Waals surface area contributed by atoms with Crippen molar-refractivity contribution in [1.29, 1.82) is 0 Å². The van der Waals surface area contributed by atoms with Crippen LogP contribution in [0.5, 0.6) is 0 Å². The van der Waals surface area contributed by atoms with E-state index < -0.39 is 0 Å². The Morgan fingerprint density at radius 2 is 0.708 bits per heavy atom. The monoisotopic (exact) mass is 1250 g/mol. The maximum atomic E-state index is 6.35. The first-order valence-corrected chi connectivity index (χ1v) is 33.1. The molecule has 0 radical (unpaired) electrons. The molecule has 0 aromatic rings. The zero-order chi connectivity index (χ0) is 68.9. The van der Waals surface area contributed by atoms with Crippen molar-refractivity contribution in [2.45, 2.75) is 142 Å². The SMILES string of the molecule is C=CC(=C)CCC(C(=C)C)N(CCCN(C)C)CCCN(C)C.C=CC(=C)CCC(OC(C)CN(CCCN(C)C)CCCN(C)C)C(=C)C.C=CC(=C)CCC(OCCN(C)CCN(C)C)C(=C)C.C=CC(=C)CCC(OCCOCCN(C)C)C(=C)C. The smallest absolute Gasteiger partial charge is 0.0787 e. The largest absolute Gasteiger partial charge is 0.378 e. The van der Waals surface area contributed by atoms with Gasteiger partial charge in [-0.1, -0.05) is 148 Å². The highest BCUT2D eigenvalue weighted by Crippen LogP contribution is 2.21. The number of hydrogen-bond donors (Lipinski definition) is 0. The summed E-state index contributed by atoms with van der Waals surface area (Å²) in [5, 5.41) is 0. The first-order chi connectivity index (χ1) is 41.8. The molecule has 518 valence electrons. The fourth-order valence-electron chi connectivity index (χ4n) is 9.03. The van der Waals surface area contributed by atoms with Gasteiger partial charge < -0.3 is 58.1 Å². The molecule has 0 spiro atoms. The highest BCUT2D eigenvalue weighted by molar-refractivity contribution is 5.15. The van der Waals surface area contributed by atoms with Gasteiger partial charge in [0.15, 0.2) is 0 Å². The molecular weight excluding hydrogens is 1100 g/mol. The van der Waals surface area contributed by atoms with Gasteiger partial charge >= 0.3 is 0 Å². The molecule has 0 saturated heterocycles. The molecule has 0 bridgehead atoms. The van der Waals surface area contributed by atoms with Gasteiger partial charge in [0.1, 0.15) is 0 Å². The minimum Gasteiger partial charge on any atom is -0.378 e. The van der Waals surface area contributed by atoms with Crippen LogP contribution in [0.4, 0.5) is 0 Å². The molecule has 0 heterocycles. The summed E-state index contributed by atoms with van der Waals surface area (Å²) in [6.07, 6.45) is 20.1. The second-order valence-electron chi connectivity index (χ2n) is 26.1. The second kappa shape index (κ2) is 59.4. The molecule has 13 nitrogen and oxygen atoms in total. The summed E-state index contributed by atoms with van der Waals surface area (Å²) in [5.74, 6) is 0. The zero-order valence-corrected chi connectivity index (χ0v) is 61.8. The summed E-state index contributed by atoms with van der Waals surface area (Å²) in [5.41, 5.74) is 8.76. The number of allylic oxidation sites excluding steroid dienone is 8. The van der Waals surface area contributed by atoms with E-state index in [0.717, 1.165) is 189 Å². The third-order valence-corrected chi connectivity index (χ3v) is 14.9. The Labute approximate surface area is 553 Å². The van der Waals surface area contributed by atoms with Crippen molar-refractivity contribution in [3.63, 3.8) is 0 Å². The third-order valence-electron chi connectivity index (χ3n) is 14.9. The van der Waals surface area contributed by atoms with Crippen molar-refractivity contribution in [1.82, 2.24) is 44.1 Å². The normalized spacial score (nSPS) is 13.1. The zero-order valence-electron chi connectivity index (χ0n) is 61.8. The van der Waals surface area contributed by atoms with E-state index in [4.69, 9.17) is 18.9 Å². The molecule has 89 heavy (non-hydrogen) atoms. The Bertz CT molecular complexity index is 1900. The van der Waals surface area contributed by atoms with Crippen LogP contribution in [0.15, 0.2) is 148 Å². The van der Waals surface area contributed by atoms with E-state index in [1.807, 2.05) is 46.2 Å². The van der Waals surface area contributed by atoms with Crippen LogP contribution in [-0.2, 0) is 18.9 Å². The Balaban J connectivity index is -0.000000546. The molecule has 0 aliphatic carbocycles. The van der Waals surface area contributed by atoms with Crippen molar-refractivity contribution in [2.24, 2.45) is 0 Å². The lowest BCUT2D eigenvalue weighted by Gasteiger charge is -2.33. The summed E-state index contributed by atoms with van der Waals surface area (Å²) < 4.78 is 23.6. The van der Waals surface area contributed by atoms with Crippen molar-refractivity contribution >= 4 is 0 Å². The standard InChI is InChI=1S/C23H45N3O.C20H39N3.C17H32N2O.C16H29NO2/c1-10-21(4)13-14-23(20(2)3)27-22(5)19-26(17-11-15-24(6)7)18-12-16-25(8)9;1-9-19(4)12-13-20(18(2)3)23(16-10-14-21(5)6)17-11-15-22(7)8;1-8-16(4)9-10-17(15(2)3)20-14-13-19(7)12-11-18(5)6;1-7-15(4)8-9-16(14(2)3)19-13-12-18-11-10-17(5)6/h10,22-23H,1-2,4,11-19H2,3,5-9H3;9,20H,1-2,4,10-17H2,3,5-8H3;8,17H,1-2,4,9-14H2,3,5-7H3;7,16H,1-2,4,8-13H2,3,5-6H3. The summed E-state index contributed by atoms with van der Waals surface area (Å²) in [6, 6.07) is 0.441. The molecule has 0 rings (SSSR count). The number of likely N-dealkylation sites (N-methyl/N-ethyl adjacent to an activating group) is 3. The van der Waals surface area contributed by atoms with Gasteiger partial charge in [-0.2, -0.15) is 0 Å². The predicted octanol–water partition coefficient (Wildman–Crippen LogP) is 13.7. The molecule has 0 N–H and O–H groups in total. The lowest BCUT2D eigenvalue weighted by molar-refractivity contribution is -0.00561. The van der Waals surface area contributed by atoms with Crippen molar-refractivity contribution in [2.75, 3.05) is 203 Å². The van der Waals surface area contributed by atoms with E-state index in [1.165, 1.54) is 31.3 Å². The number of hydrogen-bond acceptors (Lipinski definition) is 13. The van der Waals surface area contributed by atoms with Crippen LogP contribution in [0, 0.1) is 0 Å². The van der Waals surface area contributed by atoms with Crippen LogP contribution in [-0.4, -0.2) is 278 Å². The van der Waals surface area contributed by atoms with Crippen LogP contribution < -0.4 is 0 Å². The van der Waals surface area contributed by atoms with E-state index in [1.54, 1.807) is 6.08 Å². The van der Waals surface area contributed by atoms with Gasteiger partial charge in [0.2, 0.25) is 0 Å². The van der Waals surface area contributed by atoms with Crippen molar-refractivity contribution < 1.29 is 18.9 Å². The molecule has 0 aromatic heterocycles. The van der Waals surface area contributed by atoms with E-state index >= 15 is 0 Å². The highest BCUT2D eigenvalue weighted by Gasteiger charge is 2.20. The van der Waals surface area contributed by atoms with E-state index in [2.05, 4.69) is 221 Å². The van der Waals surface area contributed by atoms with Gasteiger partial charge in [-0.15, -0.1) is 0 Å². The van der Waals surface area contributed by atoms with Crippen LogP contribution in [0.25, 0.3) is 0 Å². The van der Waals surface area contributed by atoms with Gasteiger partial charge in [0.05, 0.1) is 50.8 Å². The summed E-state index contributed by atoms with van der Waals surface area (Å²) in [4.78, 5) is 20.8. The van der Waals surface area contributed by atoms with Crippen LogP contribution in [0.2, 0.25) is 0 Å². The van der Waals surface area contributed by atoms with Gasteiger partial charge in [-0.05, 0) is 256 Å². The van der Waals surface area contributed by atoms with Crippen LogP contribution >= 0.6 is 0 Å². The Morgan fingerprint density at radius 3 is 1.06 bits per heavy atom. The maximum absolute atomic E-state index is 6.35. The van der Waals surface area contributed by atoms with E-state index in [-0.39, 0.29) is 24.4 Å². The van der Waals surface area contributed by atoms with Crippen molar-refractivity contribution in [3.05, 3.63) is 148 Å². The Kier molecular flexibility index (Phi) is 61.2. The summed E-state index contributed by atoms with van der Waals surface area (Å²) in [6.45, 7) is 74.4. The molecule has 0 aliphatic rings. The molecule has 5 unspecified atom stereocenters. The number of nitrogens with zero attached hydrogens (tertiary/aromatic N) is 9. The van der Waals surface area contributed by atoms with Gasteiger partial charge in [0.25, 0.3) is 0 Å². The average molecular weight is 1250 g/mol. The van der Waals surface area contributed by atoms with Gasteiger partial charge in [-0.25, -0.2) is 0 Å². The Hall–Kier alpha value is -3.64. The lowest BCUT2D eigenvalue weighted by Crippen LogP contribution is -2.39. The Morgan fingerprint density at radius 1 is 0.360 bits per heavy atom. The molecule has 0 aromatic carbocycles. The topological polar surface area (TPSA) is 66.1 Å². The van der Waals surface area contributed by atoms with Crippen LogP contribution in [0.1, 0.15) is 112 Å². The number of rotatable bonds is 55. The lowest BCUT2D eigenvalue weighted by atomic mass is 9.99. The quantitative estimate of drug-likeness (QED) is 0.0330. The fourth-order valence-corrected chi connectivity index (χ4v) is 9.03. The molecule has 13 heteroatoms. The number of ether oxygens (including phenoxy) is 4. The third kappa shape index (κ3) is 61.6. The first kappa shape index (κ1) is 91.8. The van der Waals surface area contributed by atoms with Crippen molar-refractivity contribution in [3.8, 4) is 0 Å². The minimum absolute atomic E-state index is 0.0779. The molecule has 0 amide bonds. The molecule has 0 aliphatic heterocycles. The molecular formula is C76H145N9O4. The highest BCUT2D eigenvalue weighted by atomic mass is 16.5. The van der Waals surface area contributed by atoms with E-state index in [0.29, 0.717) is 19.3 Å². The first-order valence-electron chi connectivity index (χ1n) is 33.1. The summed E-state index contributed by atoms with van der Waals surface area (Å²) in [7, 11) is 27.5. The fraction of sp³-hybridized carbons (Fsp3) is 0.684. The molecule has 0 fully saturated rings. The van der Waals surface area contributed by atoms with Gasteiger partial charge in [-0.3, -0.25) is 4.90 Å². The minimum atomic E-state index is 0.0779. The predicted molar refractivity (Wildman–Crippen MR) is 397 cm³/mol. The average Bonchev–Trinajstić information content (AvgIpc) is 3.67. The van der Waals surface area contributed by atoms with Crippen LogP contribution in [0.3, 0.4) is 0 Å². The summed E-state index contributed by atoms with van der Waals surface area (Å²) >= 11 is 0. The molecule has 5 atom stereocenters. The van der Waals surface area contributed by atoms with E-state index in [9.17, 15) is 0 Å². The maximum Gasteiger partial charge on any atom is 0.0787 e.